The lowest BCUT2D eigenvalue weighted by Gasteiger charge is -2.29. The van der Waals surface area contributed by atoms with Crippen molar-refractivity contribution in [3.05, 3.63) is 6.33 Å². The highest BCUT2D eigenvalue weighted by Gasteiger charge is 2.19. The molecule has 6 nitrogen and oxygen atoms in total. The number of rotatable bonds is 5. The molecule has 19 heavy (non-hydrogen) atoms. The number of hydrogen-bond acceptors (Lipinski definition) is 7. The monoisotopic (exact) mass is 283 g/mol. The summed E-state index contributed by atoms with van der Waals surface area (Å²) in [5, 5.41) is 0. The molecule has 0 aliphatic carbocycles. The molecule has 1 aromatic rings. The lowest BCUT2D eigenvalue weighted by molar-refractivity contribution is 0.206. The number of aromatic nitrogens is 2. The smallest absolute Gasteiger partial charge is 0.157 e. The lowest BCUT2D eigenvalue weighted by atomic mass is 10.3. The van der Waals surface area contributed by atoms with Crippen LogP contribution in [0.25, 0.3) is 0 Å². The Bertz CT molecular complexity index is 411. The van der Waals surface area contributed by atoms with Gasteiger partial charge in [-0.2, -0.15) is 11.8 Å². The first-order valence-corrected chi connectivity index (χ1v) is 7.52. The van der Waals surface area contributed by atoms with E-state index in [0.29, 0.717) is 12.3 Å². The molecule has 0 bridgehead atoms. The molecule has 2 N–H and O–H groups in total. The van der Waals surface area contributed by atoms with Crippen LogP contribution in [0.3, 0.4) is 0 Å². The maximum Gasteiger partial charge on any atom is 0.157 e. The minimum absolute atomic E-state index is 0.648. The number of likely N-dealkylation sites (N-methyl/N-ethyl adjacent to an activating group) is 1. The van der Waals surface area contributed by atoms with Crippen molar-refractivity contribution in [3.63, 3.8) is 0 Å². The average Bonchev–Trinajstić information content (AvgIpc) is 2.46. The van der Waals surface area contributed by atoms with Gasteiger partial charge in [-0.05, 0) is 0 Å². The van der Waals surface area contributed by atoms with E-state index < -0.39 is 0 Å². The highest BCUT2D eigenvalue weighted by molar-refractivity contribution is 7.99. The maximum absolute atomic E-state index is 6.23. The number of thioether (sulfide) groups is 1. The Morgan fingerprint density at radius 1 is 1.42 bits per heavy atom. The fourth-order valence-electron chi connectivity index (χ4n) is 2.04. The minimum Gasteiger partial charge on any atom is -0.393 e. The van der Waals surface area contributed by atoms with Gasteiger partial charge < -0.3 is 20.3 Å². The number of nitrogens with two attached hydrogens (primary N) is 1. The summed E-state index contributed by atoms with van der Waals surface area (Å²) in [6, 6.07) is 0. The molecule has 2 rings (SSSR count). The van der Waals surface area contributed by atoms with Crippen molar-refractivity contribution in [2.75, 3.05) is 67.4 Å². The molecule has 106 valence electrons. The van der Waals surface area contributed by atoms with E-state index in [1.807, 2.05) is 23.7 Å². The molecular weight excluding hydrogens is 262 g/mol. The molecule has 0 aromatic carbocycles. The van der Waals surface area contributed by atoms with E-state index in [2.05, 4.69) is 14.9 Å². The van der Waals surface area contributed by atoms with Crippen LogP contribution in [0.15, 0.2) is 6.33 Å². The Labute approximate surface area is 118 Å². The Balaban J connectivity index is 2.16. The molecule has 7 heteroatoms. The standard InChI is InChI=1S/C12H21N5OS/c1-16(3-6-18-2)11-10(13)12(15-9-14-11)17-4-7-19-8-5-17/h9H,3-8,13H2,1-2H3. The van der Waals surface area contributed by atoms with E-state index in [1.54, 1.807) is 13.4 Å². The van der Waals surface area contributed by atoms with Crippen molar-refractivity contribution in [1.29, 1.82) is 0 Å². The van der Waals surface area contributed by atoms with Crippen molar-refractivity contribution in [2.45, 2.75) is 0 Å². The first-order chi connectivity index (χ1) is 9.24. The number of hydrogen-bond donors (Lipinski definition) is 1. The molecule has 0 atom stereocenters. The second kappa shape index (κ2) is 6.81. The summed E-state index contributed by atoms with van der Waals surface area (Å²) in [7, 11) is 3.65. The van der Waals surface area contributed by atoms with Gasteiger partial charge in [-0.1, -0.05) is 0 Å². The van der Waals surface area contributed by atoms with Gasteiger partial charge in [0.05, 0.1) is 6.61 Å². The number of methoxy groups -OCH3 is 1. The van der Waals surface area contributed by atoms with Crippen molar-refractivity contribution in [2.24, 2.45) is 0 Å². The van der Waals surface area contributed by atoms with E-state index in [4.69, 9.17) is 10.5 Å². The summed E-state index contributed by atoms with van der Waals surface area (Å²) in [5.41, 5.74) is 6.89. The van der Waals surface area contributed by atoms with Crippen LogP contribution in [0.5, 0.6) is 0 Å². The zero-order chi connectivity index (χ0) is 13.7. The summed E-state index contributed by atoms with van der Waals surface area (Å²) in [4.78, 5) is 12.9. The van der Waals surface area contributed by atoms with Gasteiger partial charge in [-0.3, -0.25) is 0 Å². The molecule has 0 saturated carbocycles. The molecule has 1 saturated heterocycles. The molecule has 0 spiro atoms. The van der Waals surface area contributed by atoms with Crippen LogP contribution >= 0.6 is 11.8 Å². The zero-order valence-corrected chi connectivity index (χ0v) is 12.3. The summed E-state index contributed by atoms with van der Waals surface area (Å²) in [6.07, 6.45) is 1.59. The molecule has 0 amide bonds. The van der Waals surface area contributed by atoms with Crippen LogP contribution in [0, 0.1) is 0 Å². The van der Waals surface area contributed by atoms with Gasteiger partial charge in [0.2, 0.25) is 0 Å². The van der Waals surface area contributed by atoms with Gasteiger partial charge in [0.25, 0.3) is 0 Å². The van der Waals surface area contributed by atoms with Crippen LogP contribution in [-0.4, -0.2) is 61.9 Å². The molecular formula is C12H21N5OS. The van der Waals surface area contributed by atoms with Gasteiger partial charge in [-0.15, -0.1) is 0 Å². The SMILES string of the molecule is COCCN(C)c1ncnc(N2CCSCC2)c1N. The van der Waals surface area contributed by atoms with Crippen LogP contribution in [0.4, 0.5) is 17.3 Å². The van der Waals surface area contributed by atoms with Gasteiger partial charge in [-0.25, -0.2) is 9.97 Å². The van der Waals surface area contributed by atoms with E-state index in [-0.39, 0.29) is 0 Å². The van der Waals surface area contributed by atoms with E-state index in [0.717, 1.165) is 42.8 Å². The second-order valence-corrected chi connectivity index (χ2v) is 5.67. The van der Waals surface area contributed by atoms with Crippen LogP contribution in [-0.2, 0) is 4.74 Å². The predicted molar refractivity (Wildman–Crippen MR) is 81.1 cm³/mol. The highest BCUT2D eigenvalue weighted by Crippen LogP contribution is 2.29. The topological polar surface area (TPSA) is 67.5 Å². The Kier molecular flexibility index (Phi) is 5.09. The predicted octanol–water partition coefficient (Wildman–Crippen LogP) is 0.695. The Morgan fingerprint density at radius 2 is 2.16 bits per heavy atom. The van der Waals surface area contributed by atoms with Crippen LogP contribution in [0.2, 0.25) is 0 Å². The normalized spacial score (nSPS) is 15.6. The van der Waals surface area contributed by atoms with E-state index >= 15 is 0 Å². The van der Waals surface area contributed by atoms with Crippen LogP contribution < -0.4 is 15.5 Å². The van der Waals surface area contributed by atoms with Crippen molar-refractivity contribution < 1.29 is 4.74 Å². The summed E-state index contributed by atoms with van der Waals surface area (Å²) >= 11 is 1.97. The first-order valence-electron chi connectivity index (χ1n) is 6.37. The highest BCUT2D eigenvalue weighted by atomic mass is 32.2. The largest absolute Gasteiger partial charge is 0.393 e. The maximum atomic E-state index is 6.23. The van der Waals surface area contributed by atoms with Crippen LogP contribution in [0.1, 0.15) is 0 Å². The number of nitrogen functional groups attached to an aromatic ring is 1. The number of ether oxygens (including phenoxy) is 1. The molecule has 1 aliphatic heterocycles. The van der Waals surface area contributed by atoms with Crippen molar-refractivity contribution >= 4 is 29.1 Å². The van der Waals surface area contributed by atoms with E-state index in [1.165, 1.54) is 0 Å². The second-order valence-electron chi connectivity index (χ2n) is 4.45. The van der Waals surface area contributed by atoms with Gasteiger partial charge in [0, 0.05) is 45.3 Å². The Hall–Kier alpha value is -1.21. The Morgan fingerprint density at radius 3 is 2.84 bits per heavy atom. The lowest BCUT2D eigenvalue weighted by Crippen LogP contribution is -2.34. The number of anilines is 3. The minimum atomic E-state index is 0.648. The molecule has 1 aromatic heterocycles. The fraction of sp³-hybridized carbons (Fsp3) is 0.667. The molecule has 1 aliphatic rings. The molecule has 2 heterocycles. The molecule has 1 fully saturated rings. The fourth-order valence-corrected chi connectivity index (χ4v) is 2.95. The number of nitrogens with zero attached hydrogens (tertiary/aromatic N) is 4. The third kappa shape index (κ3) is 3.42. The zero-order valence-electron chi connectivity index (χ0n) is 11.5. The summed E-state index contributed by atoms with van der Waals surface area (Å²) < 4.78 is 5.08. The average molecular weight is 283 g/mol. The van der Waals surface area contributed by atoms with E-state index in [9.17, 15) is 0 Å². The van der Waals surface area contributed by atoms with Gasteiger partial charge in [0.1, 0.15) is 12.0 Å². The summed E-state index contributed by atoms with van der Waals surface area (Å²) in [5.74, 6) is 3.88. The quantitative estimate of drug-likeness (QED) is 0.853. The molecule has 0 unspecified atom stereocenters. The first kappa shape index (κ1) is 14.2. The van der Waals surface area contributed by atoms with Crippen molar-refractivity contribution in [1.82, 2.24) is 9.97 Å². The van der Waals surface area contributed by atoms with Crippen molar-refractivity contribution in [3.8, 4) is 0 Å². The molecule has 0 radical (unpaired) electrons. The third-order valence-corrected chi connectivity index (χ3v) is 4.09. The third-order valence-electron chi connectivity index (χ3n) is 3.14. The van der Waals surface area contributed by atoms with Gasteiger partial charge in [0.15, 0.2) is 11.6 Å². The van der Waals surface area contributed by atoms with Gasteiger partial charge >= 0.3 is 0 Å². The summed E-state index contributed by atoms with van der Waals surface area (Å²) in [6.45, 7) is 3.39.